The summed E-state index contributed by atoms with van der Waals surface area (Å²) in [5.74, 6) is -0.931. The molecule has 3 rings (SSSR count). The summed E-state index contributed by atoms with van der Waals surface area (Å²) in [6, 6.07) is 6.09. The molecule has 1 aromatic heterocycles. The van der Waals surface area contributed by atoms with Crippen molar-refractivity contribution >= 4 is 34.6 Å². The first kappa shape index (κ1) is 14.9. The average molecular weight is 320 g/mol. The van der Waals surface area contributed by atoms with Crippen LogP contribution in [0.3, 0.4) is 0 Å². The number of anilines is 1. The van der Waals surface area contributed by atoms with Crippen LogP contribution in [0.4, 0.5) is 5.88 Å². The molecule has 1 aliphatic rings. The second kappa shape index (κ2) is 5.03. The van der Waals surface area contributed by atoms with E-state index < -0.39 is 22.1 Å². The quantitative estimate of drug-likeness (QED) is 0.776. The zero-order valence-corrected chi connectivity index (χ0v) is 12.9. The summed E-state index contributed by atoms with van der Waals surface area (Å²) in [5, 5.41) is 12.2. The number of carbonyl (C=O) groups is 1. The molecule has 6 nitrogen and oxygen atoms in total. The van der Waals surface area contributed by atoms with Gasteiger partial charge in [-0.3, -0.25) is 14.9 Å². The molecule has 2 aromatic rings. The van der Waals surface area contributed by atoms with Crippen molar-refractivity contribution in [3.05, 3.63) is 40.1 Å². The lowest BCUT2D eigenvalue weighted by molar-refractivity contribution is -0.139. The summed E-state index contributed by atoms with van der Waals surface area (Å²) in [6.45, 7) is 3.64. The van der Waals surface area contributed by atoms with Gasteiger partial charge in [-0.25, -0.2) is 0 Å². The maximum atomic E-state index is 12.7. The van der Waals surface area contributed by atoms with E-state index >= 15 is 0 Å². The van der Waals surface area contributed by atoms with Crippen molar-refractivity contribution in [3.63, 3.8) is 0 Å². The molecule has 1 aliphatic heterocycles. The summed E-state index contributed by atoms with van der Waals surface area (Å²) >= 11 is 1.36. The van der Waals surface area contributed by atoms with Crippen LogP contribution in [0.15, 0.2) is 33.5 Å². The van der Waals surface area contributed by atoms with E-state index in [2.05, 4.69) is 5.32 Å². The van der Waals surface area contributed by atoms with Gasteiger partial charge in [0.2, 0.25) is 11.3 Å². The smallest absolute Gasteiger partial charge is 0.322 e. The number of nitrogens with two attached hydrogens (primary N) is 1. The molecule has 0 amide bonds. The normalized spacial score (nSPS) is 23.7. The molecule has 2 heterocycles. The fourth-order valence-corrected chi connectivity index (χ4v) is 4.15. The molecule has 0 spiro atoms. The van der Waals surface area contributed by atoms with Gasteiger partial charge in [0, 0.05) is 4.75 Å². The molecule has 1 saturated heterocycles. The van der Waals surface area contributed by atoms with Gasteiger partial charge in [-0.1, -0.05) is 12.1 Å². The van der Waals surface area contributed by atoms with Crippen molar-refractivity contribution in [2.75, 3.05) is 5.73 Å². The molecular formula is C15H16N2O4S. The number of thioether (sulfide) groups is 1. The van der Waals surface area contributed by atoms with Gasteiger partial charge in [-0.15, -0.1) is 11.8 Å². The monoisotopic (exact) mass is 320 g/mol. The van der Waals surface area contributed by atoms with Gasteiger partial charge < -0.3 is 15.3 Å². The summed E-state index contributed by atoms with van der Waals surface area (Å²) in [6.07, 6.45) is 0. The third-order valence-corrected chi connectivity index (χ3v) is 5.26. The second-order valence-electron chi connectivity index (χ2n) is 5.74. The van der Waals surface area contributed by atoms with Crippen molar-refractivity contribution in [3.8, 4) is 0 Å². The topological polar surface area (TPSA) is 106 Å². The van der Waals surface area contributed by atoms with E-state index in [1.807, 2.05) is 13.8 Å². The summed E-state index contributed by atoms with van der Waals surface area (Å²) in [5.41, 5.74) is 6.38. The number of para-hydroxylation sites is 1. The molecule has 1 fully saturated rings. The van der Waals surface area contributed by atoms with Gasteiger partial charge in [-0.2, -0.15) is 0 Å². The first-order valence-electron chi connectivity index (χ1n) is 6.79. The molecule has 4 N–H and O–H groups in total. The van der Waals surface area contributed by atoms with E-state index in [1.165, 1.54) is 11.8 Å². The molecular weight excluding hydrogens is 304 g/mol. The second-order valence-corrected chi connectivity index (χ2v) is 7.50. The lowest BCUT2D eigenvalue weighted by Crippen LogP contribution is -2.44. The maximum Gasteiger partial charge on any atom is 0.322 e. The lowest BCUT2D eigenvalue weighted by Gasteiger charge is -2.20. The van der Waals surface area contributed by atoms with Crippen molar-refractivity contribution < 1.29 is 14.3 Å². The molecule has 1 aromatic carbocycles. The third-order valence-electron chi connectivity index (χ3n) is 3.81. The number of aliphatic carboxylic acids is 1. The molecule has 2 unspecified atom stereocenters. The Kier molecular flexibility index (Phi) is 3.41. The van der Waals surface area contributed by atoms with E-state index in [4.69, 9.17) is 10.2 Å². The zero-order valence-electron chi connectivity index (χ0n) is 12.1. The lowest BCUT2D eigenvalue weighted by atomic mass is 10.0. The Morgan fingerprint density at radius 1 is 1.41 bits per heavy atom. The van der Waals surface area contributed by atoms with Crippen LogP contribution in [0.25, 0.3) is 11.0 Å². The Labute approximate surface area is 130 Å². The van der Waals surface area contributed by atoms with Crippen LogP contribution in [0.5, 0.6) is 0 Å². The molecule has 2 atom stereocenters. The number of nitrogens with one attached hydrogen (secondary N) is 1. The first-order chi connectivity index (χ1) is 10.3. The molecule has 22 heavy (non-hydrogen) atoms. The van der Waals surface area contributed by atoms with Gasteiger partial charge in [0.05, 0.1) is 16.3 Å². The molecule has 0 saturated carbocycles. The van der Waals surface area contributed by atoms with Crippen molar-refractivity contribution in [1.82, 2.24) is 5.32 Å². The number of hydrogen-bond donors (Lipinski definition) is 3. The number of nitrogen functional groups attached to an aromatic ring is 1. The van der Waals surface area contributed by atoms with Crippen LogP contribution >= 0.6 is 11.8 Å². The fraction of sp³-hybridized carbons (Fsp3) is 0.333. The molecule has 0 bridgehead atoms. The Morgan fingerprint density at radius 2 is 2.09 bits per heavy atom. The highest BCUT2D eigenvalue weighted by Crippen LogP contribution is 2.46. The number of carboxylic acid groups (broad SMARTS) is 1. The van der Waals surface area contributed by atoms with Crippen LogP contribution < -0.4 is 16.5 Å². The van der Waals surface area contributed by atoms with E-state index in [-0.39, 0.29) is 16.9 Å². The van der Waals surface area contributed by atoms with Gasteiger partial charge in [-0.05, 0) is 26.0 Å². The molecule has 0 aliphatic carbocycles. The molecule has 116 valence electrons. The van der Waals surface area contributed by atoms with E-state index in [0.717, 1.165) is 0 Å². The van der Waals surface area contributed by atoms with E-state index in [0.29, 0.717) is 11.0 Å². The number of benzene rings is 1. The Balaban J connectivity index is 2.12. The fourth-order valence-electron chi connectivity index (χ4n) is 2.69. The van der Waals surface area contributed by atoms with Gasteiger partial charge >= 0.3 is 5.97 Å². The molecule has 7 heteroatoms. The standard InChI is InChI=1S/C15H16N2O4S/c1-15(2)11(14(19)20)17-13(22-15)9-10(18)7-5-3-4-6-8(7)21-12(9)16/h3-6,11,13,17H,16H2,1-2H3,(H,19,20). The largest absolute Gasteiger partial charge is 0.480 e. The SMILES string of the molecule is CC1(C)SC(c2c(N)oc3ccccc3c2=O)NC1C(=O)O. The predicted molar refractivity (Wildman–Crippen MR) is 85.9 cm³/mol. The van der Waals surface area contributed by atoms with Crippen LogP contribution in [0.2, 0.25) is 0 Å². The summed E-state index contributed by atoms with van der Waals surface area (Å²) in [4.78, 5) is 24.1. The predicted octanol–water partition coefficient (Wildman–Crippen LogP) is 1.94. The summed E-state index contributed by atoms with van der Waals surface area (Å²) in [7, 11) is 0. The Morgan fingerprint density at radius 3 is 2.73 bits per heavy atom. The summed E-state index contributed by atoms with van der Waals surface area (Å²) < 4.78 is 4.96. The van der Waals surface area contributed by atoms with Crippen LogP contribution in [0.1, 0.15) is 24.8 Å². The van der Waals surface area contributed by atoms with E-state index in [9.17, 15) is 14.7 Å². The van der Waals surface area contributed by atoms with Gasteiger partial charge in [0.15, 0.2) is 0 Å². The molecule has 0 radical (unpaired) electrons. The highest BCUT2D eigenvalue weighted by atomic mass is 32.2. The minimum absolute atomic E-state index is 0.0236. The minimum atomic E-state index is -0.955. The van der Waals surface area contributed by atoms with E-state index in [1.54, 1.807) is 24.3 Å². The Hall–Kier alpha value is -1.99. The van der Waals surface area contributed by atoms with Crippen molar-refractivity contribution in [2.24, 2.45) is 0 Å². The number of rotatable bonds is 2. The number of hydrogen-bond acceptors (Lipinski definition) is 6. The first-order valence-corrected chi connectivity index (χ1v) is 7.67. The minimum Gasteiger partial charge on any atom is -0.480 e. The maximum absolute atomic E-state index is 12.7. The van der Waals surface area contributed by atoms with Crippen LogP contribution in [-0.4, -0.2) is 21.9 Å². The number of fused-ring (bicyclic) bond motifs is 1. The zero-order chi connectivity index (χ0) is 16.1. The highest BCUT2D eigenvalue weighted by Gasteiger charge is 2.47. The average Bonchev–Trinajstić information content (AvgIpc) is 2.74. The van der Waals surface area contributed by atoms with Crippen molar-refractivity contribution in [1.29, 1.82) is 0 Å². The third kappa shape index (κ3) is 2.26. The van der Waals surface area contributed by atoms with Gasteiger partial charge in [0.1, 0.15) is 11.6 Å². The Bertz CT molecular complexity index is 815. The highest BCUT2D eigenvalue weighted by molar-refractivity contribution is 8.01. The van der Waals surface area contributed by atoms with Crippen molar-refractivity contribution in [2.45, 2.75) is 30.0 Å². The van der Waals surface area contributed by atoms with Gasteiger partial charge in [0.25, 0.3) is 0 Å². The van der Waals surface area contributed by atoms with Crippen LogP contribution in [0, 0.1) is 0 Å². The van der Waals surface area contributed by atoms with Crippen LogP contribution in [-0.2, 0) is 4.79 Å². The number of carboxylic acids is 1.